The summed E-state index contributed by atoms with van der Waals surface area (Å²) in [6, 6.07) is 4.83. The lowest BCUT2D eigenvalue weighted by Gasteiger charge is -2.27. The van der Waals surface area contributed by atoms with E-state index in [-0.39, 0.29) is 5.54 Å². The Morgan fingerprint density at radius 2 is 1.86 bits per heavy atom. The highest BCUT2D eigenvalue weighted by atomic mass is 16.3. The number of furan rings is 1. The molecule has 1 atom stereocenters. The summed E-state index contributed by atoms with van der Waals surface area (Å²) >= 11 is 0. The topological polar surface area (TPSA) is 28.4 Å². The van der Waals surface area contributed by atoms with E-state index in [0.717, 1.165) is 31.2 Å². The van der Waals surface area contributed by atoms with Gasteiger partial charge in [-0.1, -0.05) is 20.3 Å². The van der Waals surface area contributed by atoms with E-state index in [1.54, 1.807) is 0 Å². The standard InChI is InChI=1S/C18H34N2O/c1-7-9-12-20(15(3)8-2)14-17-11-10-16(21-17)13-19-18(4,5)6/h10-11,15,19H,7-9,12-14H2,1-6H3. The van der Waals surface area contributed by atoms with Crippen LogP contribution in [0.15, 0.2) is 16.5 Å². The number of hydrogen-bond donors (Lipinski definition) is 1. The van der Waals surface area contributed by atoms with Crippen LogP contribution < -0.4 is 5.32 Å². The van der Waals surface area contributed by atoms with E-state index in [1.165, 1.54) is 19.3 Å². The zero-order valence-electron chi connectivity index (χ0n) is 14.8. The van der Waals surface area contributed by atoms with Gasteiger partial charge in [-0.3, -0.25) is 4.90 Å². The van der Waals surface area contributed by atoms with Crippen molar-refractivity contribution in [1.29, 1.82) is 0 Å². The van der Waals surface area contributed by atoms with Crippen LogP contribution in [-0.2, 0) is 13.1 Å². The molecule has 122 valence electrons. The smallest absolute Gasteiger partial charge is 0.118 e. The maximum Gasteiger partial charge on any atom is 0.118 e. The van der Waals surface area contributed by atoms with Crippen molar-refractivity contribution in [1.82, 2.24) is 10.2 Å². The largest absolute Gasteiger partial charge is 0.463 e. The van der Waals surface area contributed by atoms with Gasteiger partial charge in [0.05, 0.1) is 13.1 Å². The molecule has 1 aromatic rings. The Bertz CT molecular complexity index is 392. The van der Waals surface area contributed by atoms with Crippen LogP contribution in [-0.4, -0.2) is 23.0 Å². The first kappa shape index (κ1) is 18.2. The lowest BCUT2D eigenvalue weighted by atomic mass is 10.1. The van der Waals surface area contributed by atoms with Gasteiger partial charge < -0.3 is 9.73 Å². The molecule has 0 aliphatic carbocycles. The maximum atomic E-state index is 5.98. The Morgan fingerprint density at radius 3 is 2.43 bits per heavy atom. The summed E-state index contributed by atoms with van der Waals surface area (Å²) in [5.74, 6) is 2.11. The molecule has 1 N–H and O–H groups in total. The van der Waals surface area contributed by atoms with E-state index in [0.29, 0.717) is 6.04 Å². The molecular weight excluding hydrogens is 260 g/mol. The van der Waals surface area contributed by atoms with E-state index in [2.05, 4.69) is 63.9 Å². The van der Waals surface area contributed by atoms with Crippen LogP contribution in [0, 0.1) is 0 Å². The van der Waals surface area contributed by atoms with Crippen LogP contribution in [0.25, 0.3) is 0 Å². The van der Waals surface area contributed by atoms with Gasteiger partial charge in [-0.15, -0.1) is 0 Å². The molecule has 0 amide bonds. The summed E-state index contributed by atoms with van der Waals surface area (Å²) in [4.78, 5) is 2.53. The van der Waals surface area contributed by atoms with Crippen LogP contribution in [0.5, 0.6) is 0 Å². The van der Waals surface area contributed by atoms with Crippen molar-refractivity contribution in [2.75, 3.05) is 6.54 Å². The first-order valence-electron chi connectivity index (χ1n) is 8.42. The molecule has 21 heavy (non-hydrogen) atoms. The molecule has 0 bridgehead atoms. The van der Waals surface area contributed by atoms with Crippen LogP contribution in [0.3, 0.4) is 0 Å². The zero-order chi connectivity index (χ0) is 15.9. The molecule has 0 saturated carbocycles. The van der Waals surface area contributed by atoms with E-state index >= 15 is 0 Å². The second-order valence-electron chi connectivity index (χ2n) is 7.05. The Balaban J connectivity index is 2.57. The second-order valence-corrected chi connectivity index (χ2v) is 7.05. The molecule has 3 nitrogen and oxygen atoms in total. The highest BCUT2D eigenvalue weighted by molar-refractivity contribution is 5.07. The maximum absolute atomic E-state index is 5.98. The molecule has 3 heteroatoms. The molecule has 1 heterocycles. The minimum Gasteiger partial charge on any atom is -0.463 e. The Hall–Kier alpha value is -0.800. The van der Waals surface area contributed by atoms with Crippen molar-refractivity contribution in [2.24, 2.45) is 0 Å². The molecule has 1 aromatic heterocycles. The van der Waals surface area contributed by atoms with Crippen LogP contribution in [0.4, 0.5) is 0 Å². The Labute approximate surface area is 131 Å². The number of nitrogens with one attached hydrogen (secondary N) is 1. The summed E-state index contributed by atoms with van der Waals surface area (Å²) in [6.07, 6.45) is 3.68. The average molecular weight is 294 g/mol. The van der Waals surface area contributed by atoms with Crippen LogP contribution in [0.1, 0.15) is 72.3 Å². The summed E-state index contributed by atoms with van der Waals surface area (Å²) in [6.45, 7) is 16.2. The molecule has 0 spiro atoms. The molecule has 0 aliphatic rings. The third-order valence-electron chi connectivity index (χ3n) is 3.88. The minimum absolute atomic E-state index is 0.122. The minimum atomic E-state index is 0.122. The predicted octanol–water partition coefficient (Wildman–Crippen LogP) is 4.57. The van der Waals surface area contributed by atoms with Gasteiger partial charge in [0, 0.05) is 11.6 Å². The first-order valence-corrected chi connectivity index (χ1v) is 8.42. The van der Waals surface area contributed by atoms with Crippen LogP contribution >= 0.6 is 0 Å². The van der Waals surface area contributed by atoms with Gasteiger partial charge in [0.25, 0.3) is 0 Å². The lowest BCUT2D eigenvalue weighted by Crippen LogP contribution is -2.35. The predicted molar refractivity (Wildman–Crippen MR) is 90.4 cm³/mol. The monoisotopic (exact) mass is 294 g/mol. The van der Waals surface area contributed by atoms with E-state index in [9.17, 15) is 0 Å². The van der Waals surface area contributed by atoms with Gasteiger partial charge >= 0.3 is 0 Å². The van der Waals surface area contributed by atoms with Crippen molar-refractivity contribution in [3.05, 3.63) is 23.7 Å². The van der Waals surface area contributed by atoms with Gasteiger partial charge in [0.15, 0.2) is 0 Å². The zero-order valence-corrected chi connectivity index (χ0v) is 14.8. The number of nitrogens with zero attached hydrogens (tertiary/aromatic N) is 1. The first-order chi connectivity index (χ1) is 9.85. The van der Waals surface area contributed by atoms with Gasteiger partial charge in [0.1, 0.15) is 11.5 Å². The van der Waals surface area contributed by atoms with Crippen molar-refractivity contribution >= 4 is 0 Å². The molecule has 0 aliphatic heterocycles. The quantitative estimate of drug-likeness (QED) is 0.723. The summed E-state index contributed by atoms with van der Waals surface area (Å²) in [5, 5.41) is 3.47. The summed E-state index contributed by atoms with van der Waals surface area (Å²) in [5.41, 5.74) is 0.122. The normalized spacial score (nSPS) is 13.9. The van der Waals surface area contributed by atoms with Gasteiger partial charge in [-0.2, -0.15) is 0 Å². The van der Waals surface area contributed by atoms with Gasteiger partial charge in [0.2, 0.25) is 0 Å². The third kappa shape index (κ3) is 7.14. The highest BCUT2D eigenvalue weighted by Gasteiger charge is 2.15. The molecule has 1 unspecified atom stereocenters. The fourth-order valence-corrected chi connectivity index (χ4v) is 2.23. The van der Waals surface area contributed by atoms with Crippen LogP contribution in [0.2, 0.25) is 0 Å². The highest BCUT2D eigenvalue weighted by Crippen LogP contribution is 2.15. The molecule has 0 fully saturated rings. The summed E-state index contributed by atoms with van der Waals surface area (Å²) < 4.78 is 5.98. The van der Waals surface area contributed by atoms with Crippen molar-refractivity contribution in [3.63, 3.8) is 0 Å². The fourth-order valence-electron chi connectivity index (χ4n) is 2.23. The molecular formula is C18H34N2O. The number of unbranched alkanes of at least 4 members (excludes halogenated alkanes) is 1. The Kier molecular flexibility index (Phi) is 7.47. The Morgan fingerprint density at radius 1 is 1.19 bits per heavy atom. The molecule has 0 aromatic carbocycles. The van der Waals surface area contributed by atoms with Crippen molar-refractivity contribution in [3.8, 4) is 0 Å². The molecule has 0 saturated heterocycles. The average Bonchev–Trinajstić information content (AvgIpc) is 2.87. The number of hydrogen-bond acceptors (Lipinski definition) is 3. The molecule has 0 radical (unpaired) electrons. The van der Waals surface area contributed by atoms with Gasteiger partial charge in [-0.05, 0) is 59.2 Å². The van der Waals surface area contributed by atoms with E-state index < -0.39 is 0 Å². The van der Waals surface area contributed by atoms with E-state index in [4.69, 9.17) is 4.42 Å². The molecule has 1 rings (SSSR count). The van der Waals surface area contributed by atoms with E-state index in [1.807, 2.05) is 0 Å². The van der Waals surface area contributed by atoms with Crippen molar-refractivity contribution < 1.29 is 4.42 Å². The SMILES string of the molecule is CCCCN(Cc1ccc(CNC(C)(C)C)o1)C(C)CC. The lowest BCUT2D eigenvalue weighted by molar-refractivity contribution is 0.176. The fraction of sp³-hybridized carbons (Fsp3) is 0.778. The van der Waals surface area contributed by atoms with Gasteiger partial charge in [-0.25, -0.2) is 0 Å². The number of rotatable bonds is 9. The van der Waals surface area contributed by atoms with Crippen molar-refractivity contribution in [2.45, 2.75) is 85.5 Å². The second kappa shape index (κ2) is 8.60. The third-order valence-corrected chi connectivity index (χ3v) is 3.88. The summed E-state index contributed by atoms with van der Waals surface area (Å²) in [7, 11) is 0.